The van der Waals surface area contributed by atoms with E-state index in [1.165, 1.54) is 11.8 Å². The Hall–Kier alpha value is -1.96. The zero-order valence-corrected chi connectivity index (χ0v) is 13.6. The number of nitrogens with zero attached hydrogens (tertiary/aromatic N) is 1. The maximum absolute atomic E-state index is 12.9. The normalized spacial score (nSPS) is 17.7. The second kappa shape index (κ2) is 6.66. The van der Waals surface area contributed by atoms with Gasteiger partial charge in [0.05, 0.1) is 4.90 Å². The van der Waals surface area contributed by atoms with Gasteiger partial charge < -0.3 is 10.6 Å². The first-order valence-corrected chi connectivity index (χ1v) is 8.85. The number of amides is 2. The van der Waals surface area contributed by atoms with Crippen LogP contribution in [0.2, 0.25) is 0 Å². The number of carbonyl (C=O) groups is 2. The second-order valence-electron chi connectivity index (χ2n) is 5.64. The van der Waals surface area contributed by atoms with Crippen LogP contribution in [0.25, 0.3) is 0 Å². The minimum Gasteiger partial charge on any atom is -0.369 e. The molecule has 1 saturated heterocycles. The number of halogens is 1. The van der Waals surface area contributed by atoms with Gasteiger partial charge in [-0.2, -0.15) is 0 Å². The molecule has 126 valence electrons. The van der Waals surface area contributed by atoms with Crippen LogP contribution < -0.4 is 5.73 Å². The van der Waals surface area contributed by atoms with Crippen molar-refractivity contribution in [2.24, 2.45) is 11.7 Å². The van der Waals surface area contributed by atoms with Crippen molar-refractivity contribution in [3.63, 3.8) is 0 Å². The van der Waals surface area contributed by atoms with Gasteiger partial charge in [-0.25, -0.2) is 12.8 Å². The molecule has 0 spiro atoms. The van der Waals surface area contributed by atoms with E-state index in [2.05, 4.69) is 0 Å². The van der Waals surface area contributed by atoms with Gasteiger partial charge in [0.2, 0.25) is 11.8 Å². The van der Waals surface area contributed by atoms with Crippen LogP contribution >= 0.6 is 0 Å². The van der Waals surface area contributed by atoms with Gasteiger partial charge in [0.1, 0.15) is 11.1 Å². The number of likely N-dealkylation sites (tertiary alicyclic amines) is 1. The lowest BCUT2D eigenvalue weighted by atomic mass is 9.96. The van der Waals surface area contributed by atoms with Gasteiger partial charge in [0.15, 0.2) is 9.84 Å². The van der Waals surface area contributed by atoms with Crippen molar-refractivity contribution in [2.45, 2.75) is 29.9 Å². The quantitative estimate of drug-likeness (QED) is 0.815. The Balaban J connectivity index is 2.10. The Kier molecular flexibility index (Phi) is 5.03. The van der Waals surface area contributed by atoms with E-state index in [0.717, 1.165) is 24.3 Å². The van der Waals surface area contributed by atoms with Crippen LogP contribution in [0, 0.1) is 11.7 Å². The molecule has 1 fully saturated rings. The fraction of sp³-hybridized carbons (Fsp3) is 0.467. The molecule has 1 aliphatic rings. The highest BCUT2D eigenvalue weighted by molar-refractivity contribution is 7.92. The molecular formula is C15H19FN2O4S. The second-order valence-corrected chi connectivity index (χ2v) is 7.91. The molecule has 1 atom stereocenters. The molecule has 0 unspecified atom stereocenters. The molecule has 1 aromatic carbocycles. The largest absolute Gasteiger partial charge is 0.369 e. The topological polar surface area (TPSA) is 97.5 Å². The fourth-order valence-electron chi connectivity index (χ4n) is 2.60. The summed E-state index contributed by atoms with van der Waals surface area (Å²) in [5.41, 5.74) is 5.24. The molecule has 0 radical (unpaired) electrons. The van der Waals surface area contributed by atoms with Crippen molar-refractivity contribution in [2.75, 3.05) is 13.1 Å². The number of benzene rings is 1. The van der Waals surface area contributed by atoms with Gasteiger partial charge in [-0.3, -0.25) is 9.59 Å². The van der Waals surface area contributed by atoms with Crippen LogP contribution in [0.15, 0.2) is 29.2 Å². The zero-order chi connectivity index (χ0) is 17.2. The van der Waals surface area contributed by atoms with Crippen LogP contribution in [0.4, 0.5) is 4.39 Å². The van der Waals surface area contributed by atoms with Crippen molar-refractivity contribution in [1.82, 2.24) is 4.90 Å². The number of hydrogen-bond acceptors (Lipinski definition) is 4. The summed E-state index contributed by atoms with van der Waals surface area (Å²) < 4.78 is 37.8. The molecule has 8 heteroatoms. The molecule has 1 aliphatic heterocycles. The molecule has 0 aromatic heterocycles. The van der Waals surface area contributed by atoms with Crippen LogP contribution in [0.3, 0.4) is 0 Å². The average molecular weight is 342 g/mol. The van der Waals surface area contributed by atoms with Gasteiger partial charge in [-0.15, -0.1) is 0 Å². The van der Waals surface area contributed by atoms with Crippen LogP contribution in [0.1, 0.15) is 19.8 Å². The van der Waals surface area contributed by atoms with Gasteiger partial charge in [-0.05, 0) is 44.0 Å². The Bertz CT molecular complexity index is 695. The Morgan fingerprint density at radius 1 is 1.22 bits per heavy atom. The summed E-state index contributed by atoms with van der Waals surface area (Å²) in [7, 11) is -3.88. The molecule has 2 amide bonds. The van der Waals surface area contributed by atoms with Crippen molar-refractivity contribution in [3.05, 3.63) is 30.1 Å². The number of carbonyl (C=O) groups excluding carboxylic acids is 2. The number of primary amides is 1. The smallest absolute Gasteiger partial charge is 0.241 e. The summed E-state index contributed by atoms with van der Waals surface area (Å²) >= 11 is 0. The van der Waals surface area contributed by atoms with E-state index >= 15 is 0 Å². The summed E-state index contributed by atoms with van der Waals surface area (Å²) in [6, 6.07) is 4.38. The maximum atomic E-state index is 12.9. The highest BCUT2D eigenvalue weighted by Gasteiger charge is 2.35. The van der Waals surface area contributed by atoms with Gasteiger partial charge >= 0.3 is 0 Å². The predicted molar refractivity (Wildman–Crippen MR) is 81.5 cm³/mol. The number of rotatable bonds is 4. The predicted octanol–water partition coefficient (Wildman–Crippen LogP) is 0.712. The van der Waals surface area contributed by atoms with E-state index in [0.29, 0.717) is 25.9 Å². The molecule has 1 heterocycles. The minimum atomic E-state index is -3.88. The molecule has 0 aliphatic carbocycles. The molecule has 0 bridgehead atoms. The summed E-state index contributed by atoms with van der Waals surface area (Å²) in [5.74, 6) is -1.74. The first-order chi connectivity index (χ1) is 10.7. The van der Waals surface area contributed by atoms with E-state index in [1.807, 2.05) is 0 Å². The Morgan fingerprint density at radius 2 is 1.74 bits per heavy atom. The molecule has 2 rings (SSSR count). The van der Waals surface area contributed by atoms with Gasteiger partial charge in [0.25, 0.3) is 0 Å². The van der Waals surface area contributed by atoms with Crippen LogP contribution in [-0.2, 0) is 19.4 Å². The molecule has 1 aromatic rings. The summed E-state index contributed by atoms with van der Waals surface area (Å²) in [5, 5.41) is -1.27. The lowest BCUT2D eigenvalue weighted by Gasteiger charge is -2.32. The fourth-order valence-corrected chi connectivity index (χ4v) is 3.94. The molecular weight excluding hydrogens is 323 g/mol. The standard InChI is InChI=1S/C15H19FN2O4S/c1-10(23(21,22)13-4-2-12(16)3-5-13)15(20)18-8-6-11(7-9-18)14(17)19/h2-5,10-11H,6-9H2,1H3,(H2,17,19)/t10-/m0/s1. The Labute approximate surface area is 134 Å². The maximum Gasteiger partial charge on any atom is 0.241 e. The SMILES string of the molecule is C[C@@H](C(=O)N1CCC(C(N)=O)CC1)S(=O)(=O)c1ccc(F)cc1. The first kappa shape index (κ1) is 17.4. The number of sulfone groups is 1. The molecule has 6 nitrogen and oxygen atoms in total. The third-order valence-corrected chi connectivity index (χ3v) is 6.23. The van der Waals surface area contributed by atoms with Crippen LogP contribution in [-0.4, -0.2) is 43.5 Å². The molecule has 23 heavy (non-hydrogen) atoms. The van der Waals surface area contributed by atoms with Crippen molar-refractivity contribution in [1.29, 1.82) is 0 Å². The van der Waals surface area contributed by atoms with E-state index in [1.54, 1.807) is 0 Å². The van der Waals surface area contributed by atoms with E-state index in [-0.39, 0.29) is 10.8 Å². The van der Waals surface area contributed by atoms with E-state index < -0.39 is 32.7 Å². The third kappa shape index (κ3) is 3.69. The number of piperidine rings is 1. The monoisotopic (exact) mass is 342 g/mol. The zero-order valence-electron chi connectivity index (χ0n) is 12.7. The van der Waals surface area contributed by atoms with E-state index in [4.69, 9.17) is 5.73 Å². The molecule has 2 N–H and O–H groups in total. The van der Waals surface area contributed by atoms with Crippen molar-refractivity contribution in [3.8, 4) is 0 Å². The van der Waals surface area contributed by atoms with Crippen LogP contribution in [0.5, 0.6) is 0 Å². The summed E-state index contributed by atoms with van der Waals surface area (Å²) in [6.07, 6.45) is 0.870. The third-order valence-electron chi connectivity index (χ3n) is 4.16. The number of hydrogen-bond donors (Lipinski definition) is 1. The highest BCUT2D eigenvalue weighted by atomic mass is 32.2. The summed E-state index contributed by atoms with van der Waals surface area (Å²) in [4.78, 5) is 24.9. The average Bonchev–Trinajstić information content (AvgIpc) is 2.54. The van der Waals surface area contributed by atoms with Gasteiger partial charge in [0, 0.05) is 19.0 Å². The summed E-state index contributed by atoms with van der Waals surface area (Å²) in [6.45, 7) is 1.92. The lowest BCUT2D eigenvalue weighted by molar-refractivity contribution is -0.134. The van der Waals surface area contributed by atoms with Crippen molar-refractivity contribution < 1.29 is 22.4 Å². The van der Waals surface area contributed by atoms with E-state index in [9.17, 15) is 22.4 Å². The molecule has 0 saturated carbocycles. The van der Waals surface area contributed by atoms with Crippen molar-refractivity contribution >= 4 is 21.7 Å². The lowest BCUT2D eigenvalue weighted by Crippen LogP contribution is -2.47. The number of nitrogens with two attached hydrogens (primary N) is 1. The van der Waals surface area contributed by atoms with Gasteiger partial charge in [-0.1, -0.05) is 0 Å². The highest BCUT2D eigenvalue weighted by Crippen LogP contribution is 2.22. The minimum absolute atomic E-state index is 0.0910. The first-order valence-electron chi connectivity index (χ1n) is 7.31. The Morgan fingerprint density at radius 3 is 2.22 bits per heavy atom.